The fraction of sp³-hybridized carbons (Fsp3) is 0.344. The number of esters is 1. The van der Waals surface area contributed by atoms with Gasteiger partial charge in [0.05, 0.1) is 20.6 Å². The molecule has 1 atom stereocenters. The lowest BCUT2D eigenvalue weighted by Gasteiger charge is -2.17. The first kappa shape index (κ1) is 25.1. The molecular formula is C32H33FO4. The van der Waals surface area contributed by atoms with Crippen LogP contribution in [0, 0.1) is 11.7 Å². The largest absolute Gasteiger partial charge is 0.497 e. The second-order valence-corrected chi connectivity index (χ2v) is 9.93. The van der Waals surface area contributed by atoms with Crippen LogP contribution in [0.4, 0.5) is 4.39 Å². The third kappa shape index (κ3) is 5.87. The molecule has 5 rings (SSSR count). The van der Waals surface area contributed by atoms with E-state index in [1.54, 1.807) is 19.2 Å². The maximum atomic E-state index is 14.9. The second kappa shape index (κ2) is 11.2. The lowest BCUT2D eigenvalue weighted by Crippen LogP contribution is -2.10. The van der Waals surface area contributed by atoms with Gasteiger partial charge in [-0.1, -0.05) is 30.3 Å². The fourth-order valence-electron chi connectivity index (χ4n) is 5.25. The Labute approximate surface area is 218 Å². The number of carbonyl (C=O) groups excluding carboxylic acids is 1. The molecule has 0 bridgehead atoms. The van der Waals surface area contributed by atoms with Crippen molar-refractivity contribution in [3.8, 4) is 22.6 Å². The van der Waals surface area contributed by atoms with Crippen LogP contribution in [0.5, 0.6) is 11.5 Å². The van der Waals surface area contributed by atoms with E-state index in [1.807, 2.05) is 30.3 Å². The number of rotatable bonds is 10. The van der Waals surface area contributed by atoms with Crippen molar-refractivity contribution in [2.24, 2.45) is 5.92 Å². The second-order valence-electron chi connectivity index (χ2n) is 9.93. The maximum Gasteiger partial charge on any atom is 0.306 e. The molecule has 3 aromatic carbocycles. The van der Waals surface area contributed by atoms with Crippen LogP contribution in [-0.4, -0.2) is 20.2 Å². The zero-order chi connectivity index (χ0) is 25.8. The molecule has 0 aliphatic heterocycles. The molecule has 0 radical (unpaired) electrons. The Morgan fingerprint density at radius 1 is 0.973 bits per heavy atom. The zero-order valence-electron chi connectivity index (χ0n) is 21.5. The molecule has 0 heterocycles. The minimum atomic E-state index is -0.265. The zero-order valence-corrected chi connectivity index (χ0v) is 21.5. The molecule has 0 aromatic heterocycles. The van der Waals surface area contributed by atoms with Crippen LogP contribution in [0.2, 0.25) is 0 Å². The van der Waals surface area contributed by atoms with Crippen LogP contribution in [0.25, 0.3) is 16.7 Å². The molecule has 4 nitrogen and oxygen atoms in total. The van der Waals surface area contributed by atoms with Crippen LogP contribution >= 0.6 is 0 Å². The van der Waals surface area contributed by atoms with Gasteiger partial charge in [-0.05, 0) is 108 Å². The quantitative estimate of drug-likeness (QED) is 0.268. The molecule has 0 N–H and O–H groups in total. The van der Waals surface area contributed by atoms with Gasteiger partial charge in [-0.25, -0.2) is 4.39 Å². The highest BCUT2D eigenvalue weighted by atomic mass is 19.1. The summed E-state index contributed by atoms with van der Waals surface area (Å²) >= 11 is 0. The maximum absolute atomic E-state index is 14.9. The highest BCUT2D eigenvalue weighted by molar-refractivity contribution is 5.83. The Kier molecular flexibility index (Phi) is 7.59. The van der Waals surface area contributed by atoms with Crippen molar-refractivity contribution in [3.63, 3.8) is 0 Å². The van der Waals surface area contributed by atoms with Crippen LogP contribution in [-0.2, 0) is 16.1 Å². The molecule has 0 unspecified atom stereocenters. The van der Waals surface area contributed by atoms with Gasteiger partial charge < -0.3 is 14.2 Å². The SMILES string of the molecule is COC(=O)C[C@@H](c1cccc(OCc2ccc(-c3cc(OC)ccc3F)c(C3=CCCC3)c2)c1)C1CC1. The third-order valence-electron chi connectivity index (χ3n) is 7.43. The Hall–Kier alpha value is -3.60. The molecule has 5 heteroatoms. The van der Waals surface area contributed by atoms with Gasteiger partial charge in [-0.15, -0.1) is 0 Å². The summed E-state index contributed by atoms with van der Waals surface area (Å²) in [5.74, 6) is 1.66. The fourth-order valence-corrected chi connectivity index (χ4v) is 5.25. The standard InChI is InChI=1S/C32H33FO4/c1-35-25-13-15-31(33)30(18-25)27-14-10-21(16-29(27)22-6-3-4-7-22)20-37-26-9-5-8-24(17-26)28(23-11-12-23)19-32(34)36-2/h5-6,8-10,13-18,23,28H,3-4,7,11-12,19-20H2,1-2H3/t28-/m1/s1. The molecule has 2 aliphatic rings. The molecular weight excluding hydrogens is 467 g/mol. The van der Waals surface area contributed by atoms with Gasteiger partial charge in [0.15, 0.2) is 0 Å². The van der Waals surface area contributed by atoms with Crippen LogP contribution in [0.15, 0.2) is 66.7 Å². The van der Waals surface area contributed by atoms with Gasteiger partial charge in [0.1, 0.15) is 23.9 Å². The first-order valence-corrected chi connectivity index (χ1v) is 13.0. The Bertz CT molecular complexity index is 1310. The highest BCUT2D eigenvalue weighted by Gasteiger charge is 2.34. The molecule has 0 saturated heterocycles. The van der Waals surface area contributed by atoms with E-state index in [4.69, 9.17) is 14.2 Å². The number of hydrogen-bond acceptors (Lipinski definition) is 4. The van der Waals surface area contributed by atoms with E-state index in [0.29, 0.717) is 30.3 Å². The average Bonchev–Trinajstić information content (AvgIpc) is 3.63. The normalized spacial score (nSPS) is 15.7. The molecule has 0 spiro atoms. The molecule has 2 aliphatic carbocycles. The summed E-state index contributed by atoms with van der Waals surface area (Å²) in [6.45, 7) is 0.399. The smallest absolute Gasteiger partial charge is 0.306 e. The topological polar surface area (TPSA) is 44.8 Å². The van der Waals surface area contributed by atoms with Gasteiger partial charge in [-0.2, -0.15) is 0 Å². The van der Waals surface area contributed by atoms with E-state index in [2.05, 4.69) is 18.2 Å². The Morgan fingerprint density at radius 2 is 1.84 bits per heavy atom. The molecule has 192 valence electrons. The van der Waals surface area contributed by atoms with E-state index >= 15 is 0 Å². The third-order valence-corrected chi connectivity index (χ3v) is 7.43. The van der Waals surface area contributed by atoms with E-state index in [-0.39, 0.29) is 17.7 Å². The molecule has 1 saturated carbocycles. The monoisotopic (exact) mass is 500 g/mol. The molecule has 1 fully saturated rings. The van der Waals surface area contributed by atoms with E-state index in [1.165, 1.54) is 18.7 Å². The number of halogens is 1. The first-order chi connectivity index (χ1) is 18.1. The number of methoxy groups -OCH3 is 2. The Morgan fingerprint density at radius 3 is 2.57 bits per heavy atom. The highest BCUT2D eigenvalue weighted by Crippen LogP contribution is 2.45. The number of ether oxygens (including phenoxy) is 3. The number of hydrogen-bond donors (Lipinski definition) is 0. The van der Waals surface area contributed by atoms with E-state index < -0.39 is 0 Å². The first-order valence-electron chi connectivity index (χ1n) is 13.0. The summed E-state index contributed by atoms with van der Waals surface area (Å²) in [6, 6.07) is 19.0. The van der Waals surface area contributed by atoms with Crippen LogP contribution in [0.3, 0.4) is 0 Å². The molecule has 0 amide bonds. The number of allylic oxidation sites excluding steroid dienone is 2. The minimum absolute atomic E-state index is 0.161. The van der Waals surface area contributed by atoms with Crippen LogP contribution in [0.1, 0.15) is 61.1 Å². The Balaban J connectivity index is 1.38. The van der Waals surface area contributed by atoms with E-state index in [9.17, 15) is 9.18 Å². The summed E-state index contributed by atoms with van der Waals surface area (Å²) < 4.78 is 31.4. The van der Waals surface area contributed by atoms with Gasteiger partial charge in [0.2, 0.25) is 0 Å². The van der Waals surface area contributed by atoms with Crippen molar-refractivity contribution in [1.82, 2.24) is 0 Å². The van der Waals surface area contributed by atoms with Gasteiger partial charge >= 0.3 is 5.97 Å². The van der Waals surface area contributed by atoms with Crippen molar-refractivity contribution in [1.29, 1.82) is 0 Å². The summed E-state index contributed by atoms with van der Waals surface area (Å²) in [7, 11) is 3.03. The lowest BCUT2D eigenvalue weighted by atomic mass is 9.91. The van der Waals surface area contributed by atoms with Crippen LogP contribution < -0.4 is 9.47 Å². The number of benzene rings is 3. The van der Waals surface area contributed by atoms with Gasteiger partial charge in [0, 0.05) is 5.56 Å². The molecule has 3 aromatic rings. The van der Waals surface area contributed by atoms with Crippen molar-refractivity contribution >= 4 is 11.5 Å². The average molecular weight is 501 g/mol. The van der Waals surface area contributed by atoms with Crippen molar-refractivity contribution < 1.29 is 23.4 Å². The predicted octanol–water partition coefficient (Wildman–Crippen LogP) is 7.70. The lowest BCUT2D eigenvalue weighted by molar-refractivity contribution is -0.141. The van der Waals surface area contributed by atoms with Crippen molar-refractivity contribution in [3.05, 3.63) is 89.2 Å². The van der Waals surface area contributed by atoms with E-state index in [0.717, 1.165) is 60.1 Å². The van der Waals surface area contributed by atoms with Crippen molar-refractivity contribution in [2.45, 2.75) is 51.0 Å². The van der Waals surface area contributed by atoms with Gasteiger partial charge in [-0.3, -0.25) is 4.79 Å². The predicted molar refractivity (Wildman–Crippen MR) is 143 cm³/mol. The summed E-state index contributed by atoms with van der Waals surface area (Å²) in [6.07, 6.45) is 8.06. The van der Waals surface area contributed by atoms with Crippen molar-refractivity contribution in [2.75, 3.05) is 14.2 Å². The summed E-state index contributed by atoms with van der Waals surface area (Å²) in [5, 5.41) is 0. The minimum Gasteiger partial charge on any atom is -0.497 e. The van der Waals surface area contributed by atoms with Gasteiger partial charge in [0.25, 0.3) is 0 Å². The summed E-state index contributed by atoms with van der Waals surface area (Å²) in [4.78, 5) is 12.0. The molecule has 37 heavy (non-hydrogen) atoms. The summed E-state index contributed by atoms with van der Waals surface area (Å²) in [5.41, 5.74) is 5.84. The number of carbonyl (C=O) groups is 1.